The predicted molar refractivity (Wildman–Crippen MR) is 141 cm³/mol. The minimum absolute atomic E-state index is 0.0713. The number of carbonyl (C=O) groups is 1. The zero-order chi connectivity index (χ0) is 25.5. The van der Waals surface area contributed by atoms with Gasteiger partial charge < -0.3 is 9.64 Å². The molecule has 4 aromatic carbocycles. The lowest BCUT2D eigenvalue weighted by Crippen LogP contribution is -2.34. The topological polar surface area (TPSA) is 66.9 Å². The van der Waals surface area contributed by atoms with Gasteiger partial charge in [-0.25, -0.2) is 8.42 Å². The number of nitrogens with zero attached hydrogens (tertiary/aromatic N) is 2. The summed E-state index contributed by atoms with van der Waals surface area (Å²) in [6.07, 6.45) is 0. The Balaban J connectivity index is 1.76. The van der Waals surface area contributed by atoms with Gasteiger partial charge >= 0.3 is 0 Å². The van der Waals surface area contributed by atoms with Gasteiger partial charge in [0.25, 0.3) is 15.9 Å². The first-order valence-electron chi connectivity index (χ1n) is 11.5. The van der Waals surface area contributed by atoms with Crippen LogP contribution in [0.15, 0.2) is 114 Å². The normalized spacial score (nSPS) is 11.1. The van der Waals surface area contributed by atoms with Crippen LogP contribution in [0, 0.1) is 0 Å². The van der Waals surface area contributed by atoms with E-state index in [4.69, 9.17) is 4.74 Å². The molecule has 0 radical (unpaired) electrons. The van der Waals surface area contributed by atoms with Crippen LogP contribution in [0.25, 0.3) is 0 Å². The zero-order valence-corrected chi connectivity index (χ0v) is 21.1. The van der Waals surface area contributed by atoms with Gasteiger partial charge in [-0.3, -0.25) is 9.10 Å². The van der Waals surface area contributed by atoms with Crippen LogP contribution in [0.5, 0.6) is 5.75 Å². The molecule has 0 heterocycles. The summed E-state index contributed by atoms with van der Waals surface area (Å²) in [7, 11) is -0.770. The van der Waals surface area contributed by atoms with Crippen LogP contribution in [-0.2, 0) is 23.1 Å². The Hall–Kier alpha value is -4.10. The van der Waals surface area contributed by atoms with E-state index in [9.17, 15) is 13.2 Å². The standard InChI is InChI=1S/C29H28N2O4S/c1-30(21-23-11-5-3-6-12-23)29(32)27-15-9-10-16-28(27)31(22-24-13-7-4-8-14-24)36(33,34)26-19-17-25(35-2)18-20-26/h3-20H,21-22H2,1-2H3. The van der Waals surface area contributed by atoms with Crippen molar-refractivity contribution in [2.24, 2.45) is 0 Å². The molecule has 0 aromatic heterocycles. The first kappa shape index (κ1) is 25.0. The summed E-state index contributed by atoms with van der Waals surface area (Å²) in [5, 5.41) is 0. The molecule has 0 fully saturated rings. The van der Waals surface area contributed by atoms with Crippen molar-refractivity contribution in [3.05, 3.63) is 126 Å². The van der Waals surface area contributed by atoms with Crippen molar-refractivity contribution in [2.45, 2.75) is 18.0 Å². The number of para-hydroxylation sites is 1. The third kappa shape index (κ3) is 5.58. The Labute approximate surface area is 212 Å². The summed E-state index contributed by atoms with van der Waals surface area (Å²) in [6, 6.07) is 32.1. The van der Waals surface area contributed by atoms with E-state index in [0.29, 0.717) is 23.5 Å². The van der Waals surface area contributed by atoms with Crippen LogP contribution >= 0.6 is 0 Å². The van der Waals surface area contributed by atoms with Gasteiger partial charge in [0.2, 0.25) is 0 Å². The molecule has 6 nitrogen and oxygen atoms in total. The molecule has 0 unspecified atom stereocenters. The molecule has 4 aromatic rings. The van der Waals surface area contributed by atoms with Gasteiger partial charge in [0.15, 0.2) is 0 Å². The molecule has 0 aliphatic carbocycles. The van der Waals surface area contributed by atoms with Crippen molar-refractivity contribution in [1.82, 2.24) is 4.90 Å². The molecule has 4 rings (SSSR count). The smallest absolute Gasteiger partial charge is 0.264 e. The lowest BCUT2D eigenvalue weighted by molar-refractivity contribution is 0.0786. The molecule has 0 bridgehead atoms. The second kappa shape index (κ2) is 11.1. The fourth-order valence-electron chi connectivity index (χ4n) is 3.93. The van der Waals surface area contributed by atoms with Gasteiger partial charge in [-0.2, -0.15) is 0 Å². The van der Waals surface area contributed by atoms with Gasteiger partial charge in [0, 0.05) is 13.6 Å². The molecule has 0 N–H and O–H groups in total. The van der Waals surface area contributed by atoms with Gasteiger partial charge in [-0.15, -0.1) is 0 Å². The number of hydrogen-bond acceptors (Lipinski definition) is 4. The monoisotopic (exact) mass is 500 g/mol. The minimum Gasteiger partial charge on any atom is -0.497 e. The van der Waals surface area contributed by atoms with E-state index in [-0.39, 0.29) is 17.3 Å². The highest BCUT2D eigenvalue weighted by molar-refractivity contribution is 7.92. The highest BCUT2D eigenvalue weighted by Crippen LogP contribution is 2.31. The molecule has 0 saturated carbocycles. The van der Waals surface area contributed by atoms with E-state index in [2.05, 4.69) is 0 Å². The van der Waals surface area contributed by atoms with Gasteiger partial charge in [0.05, 0.1) is 29.8 Å². The lowest BCUT2D eigenvalue weighted by Gasteiger charge is -2.28. The first-order valence-corrected chi connectivity index (χ1v) is 12.9. The Morgan fingerprint density at radius 3 is 1.83 bits per heavy atom. The second-order valence-electron chi connectivity index (χ2n) is 8.34. The van der Waals surface area contributed by atoms with Gasteiger partial charge in [0.1, 0.15) is 5.75 Å². The van der Waals surface area contributed by atoms with E-state index in [1.165, 1.54) is 23.5 Å². The van der Waals surface area contributed by atoms with Crippen LogP contribution < -0.4 is 9.04 Å². The Kier molecular flexibility index (Phi) is 7.71. The maximum Gasteiger partial charge on any atom is 0.264 e. The Morgan fingerprint density at radius 2 is 1.25 bits per heavy atom. The molecule has 0 saturated heterocycles. The van der Waals surface area contributed by atoms with Crippen LogP contribution in [0.4, 0.5) is 5.69 Å². The summed E-state index contributed by atoms with van der Waals surface area (Å²) >= 11 is 0. The number of methoxy groups -OCH3 is 1. The molecule has 36 heavy (non-hydrogen) atoms. The molecule has 7 heteroatoms. The molecule has 0 aliphatic heterocycles. The summed E-state index contributed by atoms with van der Waals surface area (Å²) in [5.41, 5.74) is 2.42. The average Bonchev–Trinajstić information content (AvgIpc) is 2.92. The number of hydrogen-bond donors (Lipinski definition) is 0. The van der Waals surface area contributed by atoms with E-state index >= 15 is 0 Å². The molecule has 1 amide bonds. The van der Waals surface area contributed by atoms with Crippen molar-refractivity contribution in [1.29, 1.82) is 0 Å². The summed E-state index contributed by atoms with van der Waals surface area (Å²) < 4.78 is 34.4. The third-order valence-corrected chi connectivity index (χ3v) is 7.60. The largest absolute Gasteiger partial charge is 0.497 e. The Bertz CT molecular complexity index is 1410. The zero-order valence-electron chi connectivity index (χ0n) is 20.2. The van der Waals surface area contributed by atoms with Crippen LogP contribution in [-0.4, -0.2) is 33.4 Å². The number of rotatable bonds is 9. The van der Waals surface area contributed by atoms with Crippen LogP contribution in [0.1, 0.15) is 21.5 Å². The molecule has 0 aliphatic rings. The lowest BCUT2D eigenvalue weighted by atomic mass is 10.1. The first-order chi connectivity index (χ1) is 17.4. The average molecular weight is 501 g/mol. The molecular weight excluding hydrogens is 472 g/mol. The molecular formula is C29H28N2O4S. The van der Waals surface area contributed by atoms with E-state index < -0.39 is 10.0 Å². The van der Waals surface area contributed by atoms with Crippen LogP contribution in [0.3, 0.4) is 0 Å². The summed E-state index contributed by atoms with van der Waals surface area (Å²) in [5.74, 6) is 0.291. The fourth-order valence-corrected chi connectivity index (χ4v) is 5.40. The Morgan fingerprint density at radius 1 is 0.722 bits per heavy atom. The highest BCUT2D eigenvalue weighted by Gasteiger charge is 2.29. The SMILES string of the molecule is COc1ccc(S(=O)(=O)N(Cc2ccccc2)c2ccccc2C(=O)N(C)Cc2ccccc2)cc1. The van der Waals surface area contributed by atoms with Gasteiger partial charge in [-0.05, 0) is 47.5 Å². The number of carbonyl (C=O) groups excluding carboxylic acids is 1. The molecule has 184 valence electrons. The van der Waals surface area contributed by atoms with E-state index in [1.807, 2.05) is 60.7 Å². The third-order valence-electron chi connectivity index (χ3n) is 5.83. The quantitative estimate of drug-likeness (QED) is 0.310. The second-order valence-corrected chi connectivity index (χ2v) is 10.2. The van der Waals surface area contributed by atoms with Crippen molar-refractivity contribution < 1.29 is 17.9 Å². The van der Waals surface area contributed by atoms with E-state index in [0.717, 1.165) is 11.1 Å². The highest BCUT2D eigenvalue weighted by atomic mass is 32.2. The van der Waals surface area contributed by atoms with Crippen molar-refractivity contribution in [3.8, 4) is 5.75 Å². The number of benzene rings is 4. The maximum atomic E-state index is 13.9. The van der Waals surface area contributed by atoms with E-state index in [1.54, 1.807) is 48.3 Å². The summed E-state index contributed by atoms with van der Waals surface area (Å²) in [6.45, 7) is 0.472. The molecule has 0 atom stereocenters. The number of sulfonamides is 1. The van der Waals surface area contributed by atoms with Crippen molar-refractivity contribution in [2.75, 3.05) is 18.5 Å². The van der Waals surface area contributed by atoms with Gasteiger partial charge in [-0.1, -0.05) is 72.8 Å². The predicted octanol–water partition coefficient (Wildman–Crippen LogP) is 5.36. The minimum atomic E-state index is -4.01. The number of anilines is 1. The van der Waals surface area contributed by atoms with Crippen molar-refractivity contribution >= 4 is 21.6 Å². The fraction of sp³-hybridized carbons (Fsp3) is 0.138. The van der Waals surface area contributed by atoms with Crippen molar-refractivity contribution in [3.63, 3.8) is 0 Å². The molecule has 0 spiro atoms. The van der Waals surface area contributed by atoms with Crippen LogP contribution in [0.2, 0.25) is 0 Å². The maximum absolute atomic E-state index is 13.9. The number of ether oxygens (including phenoxy) is 1. The summed E-state index contributed by atoms with van der Waals surface area (Å²) in [4.78, 5) is 15.3. The number of amides is 1.